The van der Waals surface area contributed by atoms with E-state index >= 15 is 0 Å². The molecule has 0 radical (unpaired) electrons. The number of hydrogen-bond donors (Lipinski definition) is 2. The summed E-state index contributed by atoms with van der Waals surface area (Å²) in [5, 5.41) is 5.03. The number of aryl methyl sites for hydroxylation is 1. The van der Waals surface area contributed by atoms with Gasteiger partial charge in [-0.05, 0) is 48.7 Å². The van der Waals surface area contributed by atoms with Crippen LogP contribution in [0.1, 0.15) is 54.3 Å². The summed E-state index contributed by atoms with van der Waals surface area (Å²) in [5.74, 6) is -0.163. The lowest BCUT2D eigenvalue weighted by Crippen LogP contribution is -2.22. The Kier molecular flexibility index (Phi) is 6.13. The first-order chi connectivity index (χ1) is 13.6. The monoisotopic (exact) mass is 472 g/mol. The number of pyridine rings is 2. The number of amides is 2. The van der Waals surface area contributed by atoms with Crippen molar-refractivity contribution in [1.29, 1.82) is 0 Å². The van der Waals surface area contributed by atoms with E-state index in [1.54, 1.807) is 13.8 Å². The molecule has 1 fully saturated rings. The largest absolute Gasteiger partial charge is 0.418 e. The first-order valence-corrected chi connectivity index (χ1v) is 9.74. The molecule has 2 amide bonds. The number of aromatic nitrogens is 2. The number of nitrogens with one attached hydrogen (secondary N) is 2. The van der Waals surface area contributed by atoms with Crippen LogP contribution in [0, 0.1) is 6.92 Å². The molecule has 2 aromatic rings. The SMILES string of the molecule is CO[C@@H](C)c1c(NC(=O)Nc2cnc(C3CC3)c(C(F)(F)F)c2)cnc(C)c1Br. The summed E-state index contributed by atoms with van der Waals surface area (Å²) in [6.45, 7) is 3.60. The number of hydrogen-bond acceptors (Lipinski definition) is 4. The molecule has 0 saturated heterocycles. The third-order valence-electron chi connectivity index (χ3n) is 4.69. The van der Waals surface area contributed by atoms with Crippen LogP contribution in [0.2, 0.25) is 0 Å². The molecule has 29 heavy (non-hydrogen) atoms. The van der Waals surface area contributed by atoms with Gasteiger partial charge in [0.05, 0.1) is 46.8 Å². The molecule has 2 N–H and O–H groups in total. The van der Waals surface area contributed by atoms with Crippen molar-refractivity contribution in [2.24, 2.45) is 0 Å². The Morgan fingerprint density at radius 2 is 1.97 bits per heavy atom. The molecule has 1 atom stereocenters. The molecule has 1 saturated carbocycles. The van der Waals surface area contributed by atoms with Gasteiger partial charge < -0.3 is 15.4 Å². The van der Waals surface area contributed by atoms with Crippen molar-refractivity contribution >= 4 is 33.3 Å². The van der Waals surface area contributed by atoms with Crippen LogP contribution in [0.5, 0.6) is 0 Å². The summed E-state index contributed by atoms with van der Waals surface area (Å²) >= 11 is 3.44. The minimum absolute atomic E-state index is 0.0336. The van der Waals surface area contributed by atoms with Gasteiger partial charge in [-0.2, -0.15) is 13.2 Å². The third-order valence-corrected chi connectivity index (χ3v) is 5.69. The zero-order chi connectivity index (χ0) is 21.3. The average molecular weight is 473 g/mol. The third kappa shape index (κ3) is 4.87. The van der Waals surface area contributed by atoms with Gasteiger partial charge in [-0.25, -0.2) is 4.79 Å². The number of methoxy groups -OCH3 is 1. The molecule has 0 spiro atoms. The molecular weight excluding hydrogens is 453 g/mol. The van der Waals surface area contributed by atoms with E-state index in [9.17, 15) is 18.0 Å². The first kappa shape index (κ1) is 21.5. The van der Waals surface area contributed by atoms with Gasteiger partial charge in [-0.15, -0.1) is 0 Å². The number of carbonyl (C=O) groups excluding carboxylic acids is 1. The van der Waals surface area contributed by atoms with Crippen molar-refractivity contribution in [3.8, 4) is 0 Å². The maximum Gasteiger partial charge on any atom is 0.418 e. The summed E-state index contributed by atoms with van der Waals surface area (Å²) in [6.07, 6.45) is -0.785. The summed E-state index contributed by atoms with van der Waals surface area (Å²) in [4.78, 5) is 20.6. The van der Waals surface area contributed by atoms with E-state index in [-0.39, 0.29) is 23.4 Å². The summed E-state index contributed by atoms with van der Waals surface area (Å²) in [6, 6.07) is 0.212. The molecule has 0 aliphatic heterocycles. The number of ether oxygens (including phenoxy) is 1. The second-order valence-electron chi connectivity index (χ2n) is 6.87. The minimum Gasteiger partial charge on any atom is -0.377 e. The molecule has 0 aromatic carbocycles. The van der Waals surface area contributed by atoms with Gasteiger partial charge in [0.15, 0.2) is 0 Å². The van der Waals surface area contributed by atoms with Crippen LogP contribution in [0.4, 0.5) is 29.3 Å². The molecule has 0 bridgehead atoms. The van der Waals surface area contributed by atoms with Crippen molar-refractivity contribution in [3.63, 3.8) is 0 Å². The maximum atomic E-state index is 13.4. The summed E-state index contributed by atoms with van der Waals surface area (Å²) < 4.78 is 46.1. The first-order valence-electron chi connectivity index (χ1n) is 8.94. The molecule has 1 aliphatic rings. The van der Waals surface area contributed by atoms with Gasteiger partial charge in [0.2, 0.25) is 0 Å². The standard InChI is InChI=1S/C19H20BrF3N4O2/c1-9-16(20)15(10(2)29-3)14(8-24-9)27-18(28)26-12-6-13(19(21,22)23)17(25-7-12)11-4-5-11/h6-8,10-11H,4-5H2,1-3H3,(H2,26,27,28)/t10-/m0/s1. The quantitative estimate of drug-likeness (QED) is 0.576. The molecule has 6 nitrogen and oxygen atoms in total. The average Bonchev–Trinajstić information content (AvgIpc) is 3.49. The minimum atomic E-state index is -4.54. The van der Waals surface area contributed by atoms with E-state index < -0.39 is 17.8 Å². The summed E-state index contributed by atoms with van der Waals surface area (Å²) in [7, 11) is 1.53. The fraction of sp³-hybridized carbons (Fsp3) is 0.421. The van der Waals surface area contributed by atoms with Gasteiger partial charge in [-0.1, -0.05) is 0 Å². The Hall–Kier alpha value is -2.20. The highest BCUT2D eigenvalue weighted by atomic mass is 79.9. The normalized spacial score (nSPS) is 15.1. The highest BCUT2D eigenvalue weighted by Crippen LogP contribution is 2.45. The number of anilines is 2. The maximum absolute atomic E-state index is 13.4. The summed E-state index contributed by atoms with van der Waals surface area (Å²) in [5.41, 5.74) is 0.947. The highest BCUT2D eigenvalue weighted by Gasteiger charge is 2.39. The number of urea groups is 1. The lowest BCUT2D eigenvalue weighted by Gasteiger charge is -2.19. The fourth-order valence-electron chi connectivity index (χ4n) is 2.95. The Balaban J connectivity index is 1.82. The van der Waals surface area contributed by atoms with Crippen molar-refractivity contribution in [1.82, 2.24) is 9.97 Å². The Morgan fingerprint density at radius 1 is 1.28 bits per heavy atom. The van der Waals surface area contributed by atoms with Crippen LogP contribution in [-0.2, 0) is 10.9 Å². The van der Waals surface area contributed by atoms with Crippen LogP contribution in [-0.4, -0.2) is 23.1 Å². The highest BCUT2D eigenvalue weighted by molar-refractivity contribution is 9.10. The Morgan fingerprint density at radius 3 is 2.55 bits per heavy atom. The van der Waals surface area contributed by atoms with Gasteiger partial charge >= 0.3 is 12.2 Å². The van der Waals surface area contributed by atoms with E-state index in [4.69, 9.17) is 4.74 Å². The van der Waals surface area contributed by atoms with Gasteiger partial charge in [-0.3, -0.25) is 9.97 Å². The number of alkyl halides is 3. The van der Waals surface area contributed by atoms with Crippen LogP contribution in [0.15, 0.2) is 22.9 Å². The van der Waals surface area contributed by atoms with E-state index in [0.717, 1.165) is 6.07 Å². The second-order valence-corrected chi connectivity index (χ2v) is 7.66. The zero-order valence-electron chi connectivity index (χ0n) is 16.0. The molecule has 1 aliphatic carbocycles. The van der Waals surface area contributed by atoms with Crippen molar-refractivity contribution in [2.75, 3.05) is 17.7 Å². The predicted molar refractivity (Wildman–Crippen MR) is 106 cm³/mol. The predicted octanol–water partition coefficient (Wildman–Crippen LogP) is 5.80. The van der Waals surface area contributed by atoms with Gasteiger partial charge in [0, 0.05) is 23.1 Å². The van der Waals surface area contributed by atoms with Crippen LogP contribution in [0.3, 0.4) is 0 Å². The van der Waals surface area contributed by atoms with Crippen LogP contribution < -0.4 is 10.6 Å². The van der Waals surface area contributed by atoms with E-state index in [0.29, 0.717) is 34.3 Å². The molecule has 2 heterocycles. The Labute approximate surface area is 174 Å². The van der Waals surface area contributed by atoms with Gasteiger partial charge in [0.25, 0.3) is 0 Å². The molecule has 10 heteroatoms. The van der Waals surface area contributed by atoms with E-state index in [2.05, 4.69) is 36.5 Å². The number of nitrogens with zero attached hydrogens (tertiary/aromatic N) is 2. The van der Waals surface area contributed by atoms with Crippen molar-refractivity contribution < 1.29 is 22.7 Å². The Bertz CT molecular complexity index is 932. The molecule has 0 unspecified atom stereocenters. The lowest BCUT2D eigenvalue weighted by molar-refractivity contribution is -0.138. The topological polar surface area (TPSA) is 76.1 Å². The molecular formula is C19H20BrF3N4O2. The van der Waals surface area contributed by atoms with Crippen LogP contribution >= 0.6 is 15.9 Å². The molecule has 3 rings (SSSR count). The molecule has 2 aromatic heterocycles. The molecule has 156 valence electrons. The number of carbonyl (C=O) groups is 1. The van der Waals surface area contributed by atoms with Gasteiger partial charge in [0.1, 0.15) is 0 Å². The van der Waals surface area contributed by atoms with Crippen LogP contribution in [0.25, 0.3) is 0 Å². The van der Waals surface area contributed by atoms with E-state index in [1.165, 1.54) is 19.5 Å². The number of halogens is 4. The van der Waals surface area contributed by atoms with Crippen molar-refractivity contribution in [2.45, 2.75) is 44.9 Å². The second kappa shape index (κ2) is 8.27. The zero-order valence-corrected chi connectivity index (χ0v) is 17.6. The number of rotatable bonds is 5. The smallest absolute Gasteiger partial charge is 0.377 e. The van der Waals surface area contributed by atoms with Crippen molar-refractivity contribution in [3.05, 3.63) is 45.4 Å². The lowest BCUT2D eigenvalue weighted by atomic mass is 10.1. The fourth-order valence-corrected chi connectivity index (χ4v) is 3.59. The van der Waals surface area contributed by atoms with E-state index in [1.807, 2.05) is 0 Å².